The molecule has 4 aliphatic rings. The maximum absolute atomic E-state index is 10.9. The van der Waals surface area contributed by atoms with Gasteiger partial charge in [-0.2, -0.15) is 0 Å². The molecular weight excluding hydrogens is 396 g/mol. The van der Waals surface area contributed by atoms with Crippen molar-refractivity contribution in [2.24, 2.45) is 33.5 Å². The Hall–Kier alpha value is -1.16. The van der Waals surface area contributed by atoms with Crippen LogP contribution in [0.25, 0.3) is 5.57 Å². The number of aryl methyl sites for hydroxylation is 2. The van der Waals surface area contributed by atoms with E-state index in [4.69, 9.17) is 0 Å². The number of rotatable bonds is 1. The van der Waals surface area contributed by atoms with Gasteiger partial charge in [-0.25, -0.2) is 0 Å². The first-order valence-corrected chi connectivity index (χ1v) is 12.7. The van der Waals surface area contributed by atoms with E-state index >= 15 is 0 Å². The third-order valence-corrected chi connectivity index (χ3v) is 11.5. The van der Waals surface area contributed by atoms with E-state index in [9.17, 15) is 15.3 Å². The van der Waals surface area contributed by atoms with Crippen LogP contribution in [-0.2, 0) is 6.42 Å². The summed E-state index contributed by atoms with van der Waals surface area (Å²) in [7, 11) is 0. The lowest BCUT2D eigenvalue weighted by Crippen LogP contribution is -2.67. The van der Waals surface area contributed by atoms with E-state index in [1.807, 2.05) is 6.92 Å². The molecule has 0 radical (unpaired) electrons. The summed E-state index contributed by atoms with van der Waals surface area (Å²) >= 11 is 0. The topological polar surface area (TPSA) is 60.7 Å². The molecule has 2 fully saturated rings. The minimum atomic E-state index is -0.854. The summed E-state index contributed by atoms with van der Waals surface area (Å²) in [5.41, 5.74) is 6.86. The third-order valence-electron chi connectivity index (χ3n) is 11.5. The van der Waals surface area contributed by atoms with E-state index in [-0.39, 0.29) is 28.8 Å². The van der Waals surface area contributed by atoms with Crippen molar-refractivity contribution in [2.75, 3.05) is 6.61 Å². The largest absolute Gasteiger partial charge is 0.396 e. The van der Waals surface area contributed by atoms with Gasteiger partial charge in [-0.3, -0.25) is 0 Å². The molecule has 0 saturated heterocycles. The van der Waals surface area contributed by atoms with Crippen molar-refractivity contribution in [3.8, 4) is 0 Å². The molecule has 2 saturated carbocycles. The standard InChI is InChI=1S/C29H42O3/c1-17-7-8-19-11-13-28(5)20(24(19)18(17)2)9-10-23-26(3)15-21(31)25(32)27(4,16-30)22(26)12-14-29(23,28)6/h7-9,21-23,25,30-32H,10-16H2,1-6H3/t21-,22-,23-,25+,26+,27+,28-,29-/m1/s1. The van der Waals surface area contributed by atoms with Crippen LogP contribution in [0.15, 0.2) is 18.2 Å². The van der Waals surface area contributed by atoms with Crippen LogP contribution in [0.5, 0.6) is 0 Å². The molecule has 1 aromatic carbocycles. The molecule has 4 aliphatic carbocycles. The number of hydrogen-bond donors (Lipinski definition) is 3. The van der Waals surface area contributed by atoms with Crippen molar-refractivity contribution in [3.63, 3.8) is 0 Å². The SMILES string of the molecule is Cc1ccc2c(c1C)C1=CC[C@@H]3[C@@]4(C)C[C@@H](O)[C@H](O)[C@@](C)(CO)[C@@H]4CC[C@@]3(C)[C@]1(C)CC2. The van der Waals surface area contributed by atoms with Crippen LogP contribution in [0.4, 0.5) is 0 Å². The quantitative estimate of drug-likeness (QED) is 0.564. The van der Waals surface area contributed by atoms with Gasteiger partial charge in [0.1, 0.15) is 0 Å². The Kier molecular flexibility index (Phi) is 4.90. The van der Waals surface area contributed by atoms with Crippen molar-refractivity contribution < 1.29 is 15.3 Å². The Balaban J connectivity index is 1.65. The van der Waals surface area contributed by atoms with Crippen molar-refractivity contribution >= 4 is 5.57 Å². The summed E-state index contributed by atoms with van der Waals surface area (Å²) in [6, 6.07) is 4.62. The number of aliphatic hydroxyl groups excluding tert-OH is 3. The van der Waals surface area contributed by atoms with Crippen LogP contribution in [-0.4, -0.2) is 34.1 Å². The summed E-state index contributed by atoms with van der Waals surface area (Å²) in [6.07, 6.45) is 6.98. The Morgan fingerprint density at radius 2 is 1.72 bits per heavy atom. The monoisotopic (exact) mass is 438 g/mol. The first-order chi connectivity index (χ1) is 14.9. The second-order valence-corrected chi connectivity index (χ2v) is 12.7. The van der Waals surface area contributed by atoms with Crippen LogP contribution < -0.4 is 0 Å². The summed E-state index contributed by atoms with van der Waals surface area (Å²) in [4.78, 5) is 0. The van der Waals surface area contributed by atoms with Crippen molar-refractivity contribution in [1.82, 2.24) is 0 Å². The first kappa shape index (κ1) is 22.6. The molecule has 0 heterocycles. The highest BCUT2D eigenvalue weighted by Gasteiger charge is 2.68. The number of aliphatic hydroxyl groups is 3. The van der Waals surface area contributed by atoms with Crippen LogP contribution in [0.2, 0.25) is 0 Å². The molecule has 8 atom stereocenters. The molecule has 3 heteroatoms. The van der Waals surface area contributed by atoms with Gasteiger partial charge in [0.05, 0.1) is 18.8 Å². The van der Waals surface area contributed by atoms with Gasteiger partial charge in [-0.05, 0) is 108 Å². The average molecular weight is 439 g/mol. The second kappa shape index (κ2) is 6.93. The molecule has 0 unspecified atom stereocenters. The zero-order valence-corrected chi connectivity index (χ0v) is 20.8. The summed E-state index contributed by atoms with van der Waals surface area (Å²) in [5, 5.41) is 32.2. The fourth-order valence-corrected chi connectivity index (χ4v) is 9.29. The Morgan fingerprint density at radius 1 is 1.00 bits per heavy atom. The Morgan fingerprint density at radius 3 is 2.41 bits per heavy atom. The van der Waals surface area contributed by atoms with Gasteiger partial charge < -0.3 is 15.3 Å². The summed E-state index contributed by atoms with van der Waals surface area (Å²) in [6.45, 7) is 13.8. The number of fused-ring (bicyclic) bond motifs is 7. The maximum Gasteiger partial charge on any atom is 0.0877 e. The molecule has 176 valence electrons. The lowest BCUT2D eigenvalue weighted by Gasteiger charge is -2.69. The predicted octanol–water partition coefficient (Wildman–Crippen LogP) is 5.21. The second-order valence-electron chi connectivity index (χ2n) is 12.7. The molecule has 1 aromatic rings. The van der Waals surface area contributed by atoms with Gasteiger partial charge in [-0.1, -0.05) is 45.9 Å². The average Bonchev–Trinajstić information content (AvgIpc) is 2.75. The molecule has 0 aromatic heterocycles. The third kappa shape index (κ3) is 2.54. The van der Waals surface area contributed by atoms with Gasteiger partial charge >= 0.3 is 0 Å². The van der Waals surface area contributed by atoms with E-state index < -0.39 is 17.6 Å². The molecule has 0 aliphatic heterocycles. The lowest BCUT2D eigenvalue weighted by molar-refractivity contribution is -0.237. The Labute approximate surface area is 193 Å². The zero-order chi connectivity index (χ0) is 23.3. The lowest BCUT2D eigenvalue weighted by atomic mass is 9.35. The highest BCUT2D eigenvalue weighted by atomic mass is 16.3. The van der Waals surface area contributed by atoms with Crippen LogP contribution in [0.1, 0.15) is 82.1 Å². The Bertz CT molecular complexity index is 981. The van der Waals surface area contributed by atoms with E-state index in [1.54, 1.807) is 5.57 Å². The minimum Gasteiger partial charge on any atom is -0.396 e. The summed E-state index contributed by atoms with van der Waals surface area (Å²) in [5.74, 6) is 0.650. The van der Waals surface area contributed by atoms with Crippen molar-refractivity contribution in [1.29, 1.82) is 0 Å². The molecule has 0 spiro atoms. The molecular formula is C29H42O3. The number of hydrogen-bond acceptors (Lipinski definition) is 3. The van der Waals surface area contributed by atoms with E-state index in [2.05, 4.69) is 52.8 Å². The highest BCUT2D eigenvalue weighted by Crippen LogP contribution is 2.73. The van der Waals surface area contributed by atoms with Crippen LogP contribution in [0, 0.1) is 47.3 Å². The number of benzene rings is 1. The molecule has 3 N–H and O–H groups in total. The molecule has 0 bridgehead atoms. The number of allylic oxidation sites excluding steroid dienone is 2. The minimum absolute atomic E-state index is 0.0703. The van der Waals surface area contributed by atoms with Crippen LogP contribution in [0.3, 0.4) is 0 Å². The van der Waals surface area contributed by atoms with Gasteiger partial charge in [-0.15, -0.1) is 0 Å². The molecule has 32 heavy (non-hydrogen) atoms. The normalized spacial score (nSPS) is 47.6. The van der Waals surface area contributed by atoms with E-state index in [0.717, 1.165) is 25.7 Å². The highest BCUT2D eigenvalue weighted by molar-refractivity contribution is 5.79. The zero-order valence-electron chi connectivity index (χ0n) is 20.8. The van der Waals surface area contributed by atoms with Gasteiger partial charge in [0.15, 0.2) is 0 Å². The van der Waals surface area contributed by atoms with Gasteiger partial charge in [0.25, 0.3) is 0 Å². The van der Waals surface area contributed by atoms with Crippen molar-refractivity contribution in [2.45, 2.75) is 92.3 Å². The van der Waals surface area contributed by atoms with Crippen molar-refractivity contribution in [3.05, 3.63) is 40.5 Å². The maximum atomic E-state index is 10.9. The smallest absolute Gasteiger partial charge is 0.0877 e. The molecule has 5 rings (SSSR count). The fourth-order valence-electron chi connectivity index (χ4n) is 9.29. The molecule has 0 amide bonds. The summed E-state index contributed by atoms with van der Waals surface area (Å²) < 4.78 is 0. The molecule has 3 nitrogen and oxygen atoms in total. The first-order valence-electron chi connectivity index (χ1n) is 12.7. The van der Waals surface area contributed by atoms with Crippen LogP contribution >= 0.6 is 0 Å². The van der Waals surface area contributed by atoms with E-state index in [1.165, 1.54) is 28.7 Å². The predicted molar refractivity (Wildman–Crippen MR) is 129 cm³/mol. The van der Waals surface area contributed by atoms with Gasteiger partial charge in [0, 0.05) is 5.41 Å². The van der Waals surface area contributed by atoms with E-state index in [0.29, 0.717) is 12.3 Å². The van der Waals surface area contributed by atoms with Gasteiger partial charge in [0.2, 0.25) is 0 Å². The fraction of sp³-hybridized carbons (Fsp3) is 0.724.